The van der Waals surface area contributed by atoms with Gasteiger partial charge in [-0.3, -0.25) is 4.79 Å². The Morgan fingerprint density at radius 3 is 2.92 bits per heavy atom. The maximum Gasteiger partial charge on any atom is 0.315 e. The molecule has 1 aliphatic heterocycles. The summed E-state index contributed by atoms with van der Waals surface area (Å²) in [6, 6.07) is 9.48. The summed E-state index contributed by atoms with van der Waals surface area (Å²) >= 11 is 0. The smallest absolute Gasteiger partial charge is 0.315 e. The van der Waals surface area contributed by atoms with Gasteiger partial charge in [0.25, 0.3) is 0 Å². The molecule has 1 aromatic carbocycles. The molecule has 3 amide bonds. The molecule has 3 rings (SSSR count). The molecule has 7 heteroatoms. The molecular weight excluding hydrogens is 320 g/mol. The van der Waals surface area contributed by atoms with Crippen LogP contribution >= 0.6 is 0 Å². The molecule has 2 heterocycles. The van der Waals surface area contributed by atoms with E-state index in [4.69, 9.17) is 4.52 Å². The molecule has 0 fully saturated rings. The van der Waals surface area contributed by atoms with E-state index in [0.29, 0.717) is 25.1 Å². The average molecular weight is 342 g/mol. The molecule has 0 atom stereocenters. The number of amides is 3. The quantitative estimate of drug-likeness (QED) is 0.788. The van der Waals surface area contributed by atoms with Gasteiger partial charge in [-0.05, 0) is 31.4 Å². The zero-order chi connectivity index (χ0) is 17.6. The lowest BCUT2D eigenvalue weighted by atomic mass is 10.2. The van der Waals surface area contributed by atoms with Crippen LogP contribution in [0.3, 0.4) is 0 Å². The van der Waals surface area contributed by atoms with Crippen molar-refractivity contribution in [2.45, 2.75) is 32.7 Å². The first-order chi connectivity index (χ1) is 12.1. The lowest BCUT2D eigenvalue weighted by molar-refractivity contribution is -0.118. The van der Waals surface area contributed by atoms with Gasteiger partial charge in [-0.25, -0.2) is 4.79 Å². The monoisotopic (exact) mass is 342 g/mol. The predicted molar refractivity (Wildman–Crippen MR) is 93.2 cm³/mol. The van der Waals surface area contributed by atoms with E-state index in [0.717, 1.165) is 24.3 Å². The van der Waals surface area contributed by atoms with Gasteiger partial charge in [0, 0.05) is 31.3 Å². The van der Waals surface area contributed by atoms with Crippen LogP contribution in [0.4, 0.5) is 10.5 Å². The third-order valence-electron chi connectivity index (χ3n) is 4.14. The normalized spacial score (nSPS) is 12.8. The van der Waals surface area contributed by atoms with Gasteiger partial charge in [-0.1, -0.05) is 23.4 Å². The van der Waals surface area contributed by atoms with Gasteiger partial charge in [0.2, 0.25) is 5.91 Å². The number of nitrogens with zero attached hydrogens (tertiary/aromatic N) is 2. The lowest BCUT2D eigenvalue weighted by Crippen LogP contribution is -2.36. The molecule has 0 bridgehead atoms. The summed E-state index contributed by atoms with van der Waals surface area (Å²) in [6.07, 6.45) is 1.92. The van der Waals surface area contributed by atoms with Crippen LogP contribution in [0.1, 0.15) is 29.9 Å². The molecule has 25 heavy (non-hydrogen) atoms. The second-order valence-electron chi connectivity index (χ2n) is 6.07. The van der Waals surface area contributed by atoms with Gasteiger partial charge in [0.15, 0.2) is 5.76 Å². The van der Waals surface area contributed by atoms with Crippen molar-refractivity contribution in [1.82, 2.24) is 15.8 Å². The molecular formula is C18H22N4O3. The number of carbonyl (C=O) groups excluding carboxylic acids is 2. The minimum Gasteiger partial charge on any atom is -0.359 e. The predicted octanol–water partition coefficient (Wildman–Crippen LogP) is 2.15. The van der Waals surface area contributed by atoms with Crippen molar-refractivity contribution in [3.63, 3.8) is 0 Å². The van der Waals surface area contributed by atoms with E-state index in [-0.39, 0.29) is 18.5 Å². The van der Waals surface area contributed by atoms with Crippen molar-refractivity contribution in [3.05, 3.63) is 47.3 Å². The molecule has 7 nitrogen and oxygen atoms in total. The number of rotatable bonds is 6. The van der Waals surface area contributed by atoms with E-state index >= 15 is 0 Å². The molecule has 0 unspecified atom stereocenters. The molecule has 0 saturated carbocycles. The van der Waals surface area contributed by atoms with Crippen LogP contribution in [0.2, 0.25) is 0 Å². The van der Waals surface area contributed by atoms with E-state index < -0.39 is 0 Å². The number of benzene rings is 1. The van der Waals surface area contributed by atoms with Crippen molar-refractivity contribution in [1.29, 1.82) is 0 Å². The van der Waals surface area contributed by atoms with Crippen molar-refractivity contribution in [3.8, 4) is 0 Å². The Kier molecular flexibility index (Phi) is 5.33. The number of nitrogens with one attached hydrogen (secondary N) is 2. The molecule has 0 radical (unpaired) electrons. The molecule has 2 aromatic rings. The van der Waals surface area contributed by atoms with E-state index in [1.165, 1.54) is 5.56 Å². The number of aromatic nitrogens is 1. The summed E-state index contributed by atoms with van der Waals surface area (Å²) in [7, 11) is 0. The highest BCUT2D eigenvalue weighted by Crippen LogP contribution is 2.27. The number of urea groups is 1. The molecule has 0 aliphatic carbocycles. The van der Waals surface area contributed by atoms with Crippen LogP contribution in [0.5, 0.6) is 0 Å². The molecule has 132 valence electrons. The molecule has 2 N–H and O–H groups in total. The van der Waals surface area contributed by atoms with E-state index in [1.54, 1.807) is 6.07 Å². The largest absolute Gasteiger partial charge is 0.359 e. The Labute approximate surface area is 146 Å². The highest BCUT2D eigenvalue weighted by molar-refractivity contribution is 5.95. The van der Waals surface area contributed by atoms with Gasteiger partial charge in [0.1, 0.15) is 0 Å². The van der Waals surface area contributed by atoms with Crippen molar-refractivity contribution in [2.24, 2.45) is 0 Å². The number of fused-ring (bicyclic) bond motifs is 1. The molecule has 0 spiro atoms. The van der Waals surface area contributed by atoms with Gasteiger partial charge < -0.3 is 20.1 Å². The minimum atomic E-state index is -0.284. The number of hydrogen-bond acceptors (Lipinski definition) is 4. The number of para-hydroxylation sites is 1. The Morgan fingerprint density at radius 2 is 2.12 bits per heavy atom. The fourth-order valence-corrected chi connectivity index (χ4v) is 2.90. The fourth-order valence-electron chi connectivity index (χ4n) is 2.90. The Balaban J connectivity index is 1.34. The first-order valence-corrected chi connectivity index (χ1v) is 8.45. The van der Waals surface area contributed by atoms with Gasteiger partial charge in [-0.2, -0.15) is 0 Å². The summed E-state index contributed by atoms with van der Waals surface area (Å²) in [5, 5.41) is 9.19. The van der Waals surface area contributed by atoms with E-state index in [9.17, 15) is 9.59 Å². The zero-order valence-electron chi connectivity index (χ0n) is 14.2. The van der Waals surface area contributed by atoms with Crippen LogP contribution < -0.4 is 15.5 Å². The Hall–Kier alpha value is -2.83. The van der Waals surface area contributed by atoms with E-state index in [1.807, 2.05) is 30.0 Å². The maximum absolute atomic E-state index is 12.3. The highest BCUT2D eigenvalue weighted by Gasteiger charge is 2.23. The Bertz CT molecular complexity index is 756. The lowest BCUT2D eigenvalue weighted by Gasteiger charge is -2.17. The second-order valence-corrected chi connectivity index (χ2v) is 6.07. The van der Waals surface area contributed by atoms with Crippen LogP contribution in [0, 0.1) is 6.92 Å². The topological polar surface area (TPSA) is 87.5 Å². The summed E-state index contributed by atoms with van der Waals surface area (Å²) in [5.74, 6) is 0.708. The van der Waals surface area contributed by atoms with Crippen LogP contribution in [-0.4, -0.2) is 30.2 Å². The van der Waals surface area contributed by atoms with Crippen LogP contribution in [-0.2, 0) is 17.8 Å². The van der Waals surface area contributed by atoms with Gasteiger partial charge in [-0.15, -0.1) is 0 Å². The number of hydrogen-bond donors (Lipinski definition) is 2. The molecule has 1 aliphatic rings. The highest BCUT2D eigenvalue weighted by atomic mass is 16.5. The fraction of sp³-hybridized carbons (Fsp3) is 0.389. The van der Waals surface area contributed by atoms with Crippen molar-refractivity contribution < 1.29 is 14.1 Å². The third kappa shape index (κ3) is 4.37. The van der Waals surface area contributed by atoms with Crippen LogP contribution in [0.25, 0.3) is 0 Å². The van der Waals surface area contributed by atoms with Gasteiger partial charge in [0.05, 0.1) is 12.2 Å². The molecule has 0 saturated heterocycles. The third-order valence-corrected chi connectivity index (χ3v) is 4.14. The van der Waals surface area contributed by atoms with E-state index in [2.05, 4.69) is 21.9 Å². The molecule has 1 aromatic heterocycles. The average Bonchev–Trinajstić information content (AvgIpc) is 3.23. The number of anilines is 1. The SMILES string of the molecule is Cc1cc(CNC(=O)NCCCC(=O)N2CCc3ccccc32)on1. The maximum atomic E-state index is 12.3. The zero-order valence-corrected chi connectivity index (χ0v) is 14.2. The van der Waals surface area contributed by atoms with Crippen molar-refractivity contribution >= 4 is 17.6 Å². The second kappa shape index (κ2) is 7.83. The first kappa shape index (κ1) is 17.0. The minimum absolute atomic E-state index is 0.101. The summed E-state index contributed by atoms with van der Waals surface area (Å²) in [6.45, 7) is 3.30. The number of aryl methyl sites for hydroxylation is 1. The van der Waals surface area contributed by atoms with Crippen LogP contribution in [0.15, 0.2) is 34.9 Å². The standard InChI is InChI=1S/C18H22N4O3/c1-13-11-15(25-21-13)12-20-18(24)19-9-4-7-17(23)22-10-8-14-5-2-3-6-16(14)22/h2-3,5-6,11H,4,7-10,12H2,1H3,(H2,19,20,24). The first-order valence-electron chi connectivity index (χ1n) is 8.45. The summed E-state index contributed by atoms with van der Waals surface area (Å²) in [5.41, 5.74) is 3.01. The summed E-state index contributed by atoms with van der Waals surface area (Å²) < 4.78 is 5.01. The van der Waals surface area contributed by atoms with Gasteiger partial charge >= 0.3 is 6.03 Å². The number of carbonyl (C=O) groups is 2. The summed E-state index contributed by atoms with van der Waals surface area (Å²) in [4.78, 5) is 25.9. The Morgan fingerprint density at radius 1 is 1.28 bits per heavy atom. The van der Waals surface area contributed by atoms with Crippen molar-refractivity contribution in [2.75, 3.05) is 18.0 Å².